The molecular formula is C13H19N3O2. The number of aliphatic hydroxyl groups excluding tert-OH is 1. The summed E-state index contributed by atoms with van der Waals surface area (Å²) < 4.78 is 0. The van der Waals surface area contributed by atoms with E-state index in [0.717, 1.165) is 12.2 Å². The predicted molar refractivity (Wildman–Crippen MR) is 71.4 cm³/mol. The number of nitrogens with zero attached hydrogens (tertiary/aromatic N) is 1. The summed E-state index contributed by atoms with van der Waals surface area (Å²) in [6.45, 7) is 3.43. The molecule has 5 N–H and O–H groups in total. The molecule has 0 spiro atoms. The van der Waals surface area contributed by atoms with Crippen molar-refractivity contribution in [3.63, 3.8) is 0 Å². The third-order valence-corrected chi connectivity index (χ3v) is 3.49. The van der Waals surface area contributed by atoms with E-state index in [9.17, 15) is 9.90 Å². The Morgan fingerprint density at radius 3 is 2.83 bits per heavy atom. The van der Waals surface area contributed by atoms with E-state index in [1.54, 1.807) is 12.1 Å². The summed E-state index contributed by atoms with van der Waals surface area (Å²) in [4.78, 5) is 13.5. The number of benzene rings is 1. The maximum Gasteiger partial charge on any atom is 0.250 e. The Morgan fingerprint density at radius 2 is 2.22 bits per heavy atom. The standard InChI is InChI=1S/C13H19N3O2/c1-8-7-16(5-4-12(8)17)11-3-2-9(14)6-10(11)13(15)18/h2-3,6,8,12,17H,4-5,7,14H2,1H3,(H2,15,18). The second kappa shape index (κ2) is 4.86. The topological polar surface area (TPSA) is 92.6 Å². The molecule has 98 valence electrons. The van der Waals surface area contributed by atoms with Crippen LogP contribution in [0.1, 0.15) is 23.7 Å². The van der Waals surface area contributed by atoms with Crippen LogP contribution in [-0.4, -0.2) is 30.2 Å². The lowest BCUT2D eigenvalue weighted by Gasteiger charge is -2.36. The summed E-state index contributed by atoms with van der Waals surface area (Å²) in [7, 11) is 0. The number of amides is 1. The number of carbonyl (C=O) groups excluding carboxylic acids is 1. The quantitative estimate of drug-likeness (QED) is 0.668. The van der Waals surface area contributed by atoms with Crippen molar-refractivity contribution < 1.29 is 9.90 Å². The van der Waals surface area contributed by atoms with Gasteiger partial charge in [-0.15, -0.1) is 0 Å². The van der Waals surface area contributed by atoms with E-state index >= 15 is 0 Å². The molecule has 2 unspecified atom stereocenters. The highest BCUT2D eigenvalue weighted by Crippen LogP contribution is 2.27. The monoisotopic (exact) mass is 249 g/mol. The Morgan fingerprint density at radius 1 is 1.50 bits per heavy atom. The highest BCUT2D eigenvalue weighted by Gasteiger charge is 2.26. The van der Waals surface area contributed by atoms with E-state index < -0.39 is 5.91 Å². The molecule has 1 heterocycles. The Labute approximate surface area is 106 Å². The first kappa shape index (κ1) is 12.7. The second-order valence-electron chi connectivity index (χ2n) is 4.92. The number of hydrogen-bond acceptors (Lipinski definition) is 4. The molecule has 0 aliphatic carbocycles. The van der Waals surface area contributed by atoms with Gasteiger partial charge in [-0.05, 0) is 30.5 Å². The largest absolute Gasteiger partial charge is 0.399 e. The summed E-state index contributed by atoms with van der Waals surface area (Å²) in [6, 6.07) is 5.19. The van der Waals surface area contributed by atoms with Gasteiger partial charge in [-0.2, -0.15) is 0 Å². The molecule has 2 atom stereocenters. The van der Waals surface area contributed by atoms with Crippen molar-refractivity contribution in [2.24, 2.45) is 11.7 Å². The summed E-state index contributed by atoms with van der Waals surface area (Å²) >= 11 is 0. The smallest absolute Gasteiger partial charge is 0.250 e. The molecule has 0 radical (unpaired) electrons. The lowest BCUT2D eigenvalue weighted by Crippen LogP contribution is -2.42. The Bertz CT molecular complexity index is 462. The van der Waals surface area contributed by atoms with Crippen LogP contribution >= 0.6 is 0 Å². The van der Waals surface area contributed by atoms with E-state index in [2.05, 4.69) is 4.90 Å². The summed E-state index contributed by atoms with van der Waals surface area (Å²) in [6.07, 6.45) is 0.427. The zero-order valence-corrected chi connectivity index (χ0v) is 10.5. The molecule has 5 nitrogen and oxygen atoms in total. The number of nitrogens with two attached hydrogens (primary N) is 2. The number of piperidine rings is 1. The third-order valence-electron chi connectivity index (χ3n) is 3.49. The lowest BCUT2D eigenvalue weighted by molar-refractivity contribution is 0.0966. The summed E-state index contributed by atoms with van der Waals surface area (Å²) in [5.41, 5.74) is 12.8. The molecule has 1 aromatic carbocycles. The van der Waals surface area contributed by atoms with Crippen LogP contribution in [0.25, 0.3) is 0 Å². The number of anilines is 2. The predicted octanol–water partition coefficient (Wildman–Crippen LogP) is 0.575. The molecule has 5 heteroatoms. The summed E-state index contributed by atoms with van der Waals surface area (Å²) in [5.74, 6) is -0.298. The molecule has 0 bridgehead atoms. The van der Waals surface area contributed by atoms with Gasteiger partial charge >= 0.3 is 0 Å². The van der Waals surface area contributed by atoms with Gasteiger partial charge < -0.3 is 21.5 Å². The van der Waals surface area contributed by atoms with Gasteiger partial charge in [-0.25, -0.2) is 0 Å². The number of primary amides is 1. The van der Waals surface area contributed by atoms with Gasteiger partial charge in [0.05, 0.1) is 11.7 Å². The van der Waals surface area contributed by atoms with E-state index in [4.69, 9.17) is 11.5 Å². The first-order valence-corrected chi connectivity index (χ1v) is 6.11. The first-order chi connectivity index (χ1) is 8.49. The average molecular weight is 249 g/mol. The second-order valence-corrected chi connectivity index (χ2v) is 4.92. The average Bonchev–Trinajstić information content (AvgIpc) is 2.32. The lowest BCUT2D eigenvalue weighted by atomic mass is 9.95. The zero-order chi connectivity index (χ0) is 13.3. The van der Waals surface area contributed by atoms with Gasteiger partial charge in [0.15, 0.2) is 0 Å². The molecule has 1 aromatic rings. The molecular weight excluding hydrogens is 230 g/mol. The van der Waals surface area contributed by atoms with Gasteiger partial charge in [-0.1, -0.05) is 6.92 Å². The summed E-state index contributed by atoms with van der Waals surface area (Å²) in [5, 5.41) is 9.73. The fourth-order valence-electron chi connectivity index (χ4n) is 2.38. The van der Waals surface area contributed by atoms with Crippen LogP contribution in [0.5, 0.6) is 0 Å². The van der Waals surface area contributed by atoms with Gasteiger partial charge in [0.25, 0.3) is 5.91 Å². The molecule has 0 saturated carbocycles. The minimum absolute atomic E-state index is 0.178. The maximum absolute atomic E-state index is 11.5. The fraction of sp³-hybridized carbons (Fsp3) is 0.462. The van der Waals surface area contributed by atoms with Crippen LogP contribution in [0.3, 0.4) is 0 Å². The van der Waals surface area contributed by atoms with E-state index in [-0.39, 0.29) is 12.0 Å². The molecule has 0 aromatic heterocycles. The minimum Gasteiger partial charge on any atom is -0.399 e. The van der Waals surface area contributed by atoms with Gasteiger partial charge in [0.2, 0.25) is 0 Å². The Hall–Kier alpha value is -1.75. The van der Waals surface area contributed by atoms with Crippen LogP contribution in [0.4, 0.5) is 11.4 Å². The molecule has 18 heavy (non-hydrogen) atoms. The maximum atomic E-state index is 11.5. The van der Waals surface area contributed by atoms with Crippen LogP contribution < -0.4 is 16.4 Å². The highest BCUT2D eigenvalue weighted by atomic mass is 16.3. The van der Waals surface area contributed by atoms with Crippen LogP contribution in [-0.2, 0) is 0 Å². The van der Waals surface area contributed by atoms with Crippen molar-refractivity contribution >= 4 is 17.3 Å². The number of nitrogen functional groups attached to an aromatic ring is 1. The SMILES string of the molecule is CC1CN(c2ccc(N)cc2C(N)=O)CCC1O. The Kier molecular flexibility index (Phi) is 3.43. The molecule has 1 aliphatic rings. The Balaban J connectivity index is 2.30. The van der Waals surface area contributed by atoms with Gasteiger partial charge in [-0.3, -0.25) is 4.79 Å². The van der Waals surface area contributed by atoms with E-state index in [1.807, 2.05) is 13.0 Å². The van der Waals surface area contributed by atoms with E-state index in [1.165, 1.54) is 0 Å². The number of aliphatic hydroxyl groups is 1. The molecule has 1 amide bonds. The number of carbonyl (C=O) groups is 1. The van der Waals surface area contributed by atoms with Gasteiger partial charge in [0.1, 0.15) is 0 Å². The number of rotatable bonds is 2. The molecule has 2 rings (SSSR count). The van der Waals surface area contributed by atoms with Crippen molar-refractivity contribution in [2.75, 3.05) is 23.7 Å². The van der Waals surface area contributed by atoms with Gasteiger partial charge in [0, 0.05) is 24.5 Å². The fourth-order valence-corrected chi connectivity index (χ4v) is 2.38. The molecule has 1 aliphatic heterocycles. The molecule has 1 saturated heterocycles. The van der Waals surface area contributed by atoms with Crippen molar-refractivity contribution in [3.8, 4) is 0 Å². The van der Waals surface area contributed by atoms with Crippen LogP contribution in [0.2, 0.25) is 0 Å². The third kappa shape index (κ3) is 2.41. The first-order valence-electron chi connectivity index (χ1n) is 6.11. The van der Waals surface area contributed by atoms with E-state index in [0.29, 0.717) is 24.2 Å². The van der Waals surface area contributed by atoms with Crippen molar-refractivity contribution in [3.05, 3.63) is 23.8 Å². The molecule has 1 fully saturated rings. The van der Waals surface area contributed by atoms with Crippen molar-refractivity contribution in [2.45, 2.75) is 19.4 Å². The van der Waals surface area contributed by atoms with Crippen LogP contribution in [0.15, 0.2) is 18.2 Å². The zero-order valence-electron chi connectivity index (χ0n) is 10.5. The van der Waals surface area contributed by atoms with Crippen molar-refractivity contribution in [1.29, 1.82) is 0 Å². The van der Waals surface area contributed by atoms with Crippen molar-refractivity contribution in [1.82, 2.24) is 0 Å². The highest BCUT2D eigenvalue weighted by molar-refractivity contribution is 5.99. The van der Waals surface area contributed by atoms with Crippen LogP contribution in [0, 0.1) is 5.92 Å². The normalized spacial score (nSPS) is 24.0. The minimum atomic E-state index is -0.476. The number of hydrogen-bond donors (Lipinski definition) is 3.